The van der Waals surface area contributed by atoms with E-state index in [1.54, 1.807) is 35.6 Å². The Balaban J connectivity index is 1.45. The van der Waals surface area contributed by atoms with Crippen LogP contribution in [0.5, 0.6) is 11.5 Å². The molecule has 150 valence electrons. The van der Waals surface area contributed by atoms with Crippen LogP contribution in [-0.2, 0) is 0 Å². The van der Waals surface area contributed by atoms with E-state index in [0.717, 1.165) is 20.8 Å². The molecule has 0 saturated carbocycles. The number of phenolic OH excluding ortho intramolecular Hbond substituents is 1. The summed E-state index contributed by atoms with van der Waals surface area (Å²) in [4.78, 5) is 17.0. The number of hydrazone groups is 1. The first-order valence-corrected chi connectivity index (χ1v) is 10.8. The number of rotatable bonds is 5. The standard InChI is InChI=1S/C22H16IN3O3S/c1-29-17-11-10-15(19(23)20(17)27)12-24-26-21(28)13-6-8-14(9-7-13)22-25-16-4-2-3-5-18(16)30-22/h2-12,27H,1H3,(H,26,28)/b24-12+. The Bertz CT molecular complexity index is 1220. The van der Waals surface area contributed by atoms with E-state index in [9.17, 15) is 9.90 Å². The molecule has 6 nitrogen and oxygen atoms in total. The lowest BCUT2D eigenvalue weighted by Gasteiger charge is -2.07. The number of carbonyl (C=O) groups excluding carboxylic acids is 1. The van der Waals surface area contributed by atoms with Crippen LogP contribution in [0.3, 0.4) is 0 Å². The lowest BCUT2D eigenvalue weighted by molar-refractivity contribution is 0.0955. The van der Waals surface area contributed by atoms with Crippen LogP contribution in [0.25, 0.3) is 20.8 Å². The van der Waals surface area contributed by atoms with Crippen molar-refractivity contribution >= 4 is 56.3 Å². The first kappa shape index (κ1) is 20.3. The van der Waals surface area contributed by atoms with Gasteiger partial charge in [-0.05, 0) is 59.0 Å². The summed E-state index contributed by atoms with van der Waals surface area (Å²) in [5.74, 6) is 0.0995. The number of nitrogens with one attached hydrogen (secondary N) is 1. The number of halogens is 1. The summed E-state index contributed by atoms with van der Waals surface area (Å²) in [5, 5.41) is 15.0. The van der Waals surface area contributed by atoms with Crippen molar-refractivity contribution in [2.24, 2.45) is 5.10 Å². The molecular formula is C22H16IN3O3S. The number of amides is 1. The van der Waals surface area contributed by atoms with Crippen LogP contribution >= 0.6 is 33.9 Å². The summed E-state index contributed by atoms with van der Waals surface area (Å²) < 4.78 is 6.78. The number of carbonyl (C=O) groups is 1. The van der Waals surface area contributed by atoms with Gasteiger partial charge >= 0.3 is 0 Å². The van der Waals surface area contributed by atoms with Crippen LogP contribution in [0.15, 0.2) is 65.8 Å². The number of thiazole rings is 1. The van der Waals surface area contributed by atoms with E-state index in [1.807, 2.05) is 59.0 Å². The highest BCUT2D eigenvalue weighted by molar-refractivity contribution is 14.1. The highest BCUT2D eigenvalue weighted by Crippen LogP contribution is 2.32. The maximum Gasteiger partial charge on any atom is 0.271 e. The quantitative estimate of drug-likeness (QED) is 0.216. The van der Waals surface area contributed by atoms with Crippen molar-refractivity contribution in [3.8, 4) is 22.1 Å². The van der Waals surface area contributed by atoms with E-state index in [4.69, 9.17) is 4.74 Å². The van der Waals surface area contributed by atoms with E-state index in [1.165, 1.54) is 13.3 Å². The van der Waals surface area contributed by atoms with Crippen LogP contribution in [0.1, 0.15) is 15.9 Å². The van der Waals surface area contributed by atoms with Gasteiger partial charge in [-0.1, -0.05) is 24.3 Å². The molecule has 30 heavy (non-hydrogen) atoms. The average molecular weight is 529 g/mol. The number of aromatic nitrogens is 1. The number of para-hydroxylation sites is 1. The van der Waals surface area contributed by atoms with Crippen LogP contribution in [-0.4, -0.2) is 29.3 Å². The number of methoxy groups -OCH3 is 1. The Labute approximate surface area is 190 Å². The van der Waals surface area contributed by atoms with Gasteiger partial charge in [0.2, 0.25) is 0 Å². The van der Waals surface area contributed by atoms with Crippen molar-refractivity contribution in [3.05, 3.63) is 75.4 Å². The van der Waals surface area contributed by atoms with Crippen molar-refractivity contribution in [1.82, 2.24) is 10.4 Å². The van der Waals surface area contributed by atoms with Gasteiger partial charge in [0, 0.05) is 16.7 Å². The zero-order valence-corrected chi connectivity index (χ0v) is 18.8. The summed E-state index contributed by atoms with van der Waals surface area (Å²) in [6.45, 7) is 0. The van der Waals surface area contributed by atoms with E-state index in [0.29, 0.717) is 20.4 Å². The number of nitrogens with zero attached hydrogens (tertiary/aromatic N) is 2. The second-order valence-corrected chi connectivity index (χ2v) is 8.39. The van der Waals surface area contributed by atoms with Gasteiger partial charge < -0.3 is 9.84 Å². The molecular weight excluding hydrogens is 513 g/mol. The molecule has 1 amide bonds. The molecule has 4 aromatic rings. The van der Waals surface area contributed by atoms with Crippen LogP contribution in [0.2, 0.25) is 0 Å². The fourth-order valence-electron chi connectivity index (χ4n) is 2.81. The Morgan fingerprint density at radius 2 is 1.93 bits per heavy atom. The predicted octanol–water partition coefficient (Wildman–Crippen LogP) is 5.05. The summed E-state index contributed by atoms with van der Waals surface area (Å²) in [6, 6.07) is 18.6. The third-order valence-corrected chi connectivity index (χ3v) is 6.61. The minimum absolute atomic E-state index is 0.0406. The molecule has 0 atom stereocenters. The van der Waals surface area contributed by atoms with E-state index >= 15 is 0 Å². The fraction of sp³-hybridized carbons (Fsp3) is 0.0455. The lowest BCUT2D eigenvalue weighted by Crippen LogP contribution is -2.17. The molecule has 8 heteroatoms. The zero-order chi connectivity index (χ0) is 21.1. The van der Waals surface area contributed by atoms with Gasteiger partial charge in [0.1, 0.15) is 5.01 Å². The molecule has 0 aliphatic heterocycles. The number of ether oxygens (including phenoxy) is 1. The maximum absolute atomic E-state index is 12.4. The number of phenols is 1. The first-order valence-electron chi connectivity index (χ1n) is 8.91. The van der Waals surface area contributed by atoms with Crippen molar-refractivity contribution < 1.29 is 14.6 Å². The van der Waals surface area contributed by atoms with E-state index in [-0.39, 0.29) is 11.7 Å². The third-order valence-electron chi connectivity index (χ3n) is 4.39. The monoisotopic (exact) mass is 529 g/mol. The molecule has 0 radical (unpaired) electrons. The van der Waals surface area contributed by atoms with E-state index < -0.39 is 0 Å². The van der Waals surface area contributed by atoms with Crippen molar-refractivity contribution in [3.63, 3.8) is 0 Å². The van der Waals surface area contributed by atoms with E-state index in [2.05, 4.69) is 15.5 Å². The highest BCUT2D eigenvalue weighted by atomic mass is 127. The minimum Gasteiger partial charge on any atom is -0.504 e. The Kier molecular flexibility index (Phi) is 5.96. The van der Waals surface area contributed by atoms with Crippen molar-refractivity contribution in [1.29, 1.82) is 0 Å². The smallest absolute Gasteiger partial charge is 0.271 e. The summed E-state index contributed by atoms with van der Waals surface area (Å²) in [5.41, 5.74) is 5.59. The fourth-order valence-corrected chi connectivity index (χ4v) is 4.37. The minimum atomic E-state index is -0.324. The van der Waals surface area contributed by atoms with Gasteiger partial charge in [0.05, 0.1) is 27.1 Å². The maximum atomic E-state index is 12.4. The summed E-state index contributed by atoms with van der Waals surface area (Å²) in [6.07, 6.45) is 1.48. The zero-order valence-electron chi connectivity index (χ0n) is 15.8. The average Bonchev–Trinajstić information content (AvgIpc) is 3.21. The second-order valence-electron chi connectivity index (χ2n) is 6.28. The molecule has 0 spiro atoms. The molecule has 2 N–H and O–H groups in total. The highest BCUT2D eigenvalue weighted by Gasteiger charge is 2.10. The normalized spacial score (nSPS) is 11.1. The molecule has 0 aliphatic carbocycles. The number of fused-ring (bicyclic) bond motifs is 1. The number of aromatic hydroxyl groups is 1. The molecule has 0 bridgehead atoms. The van der Waals surface area contributed by atoms with Gasteiger partial charge in [0.15, 0.2) is 11.5 Å². The van der Waals surface area contributed by atoms with Gasteiger partial charge in [-0.3, -0.25) is 4.79 Å². The third kappa shape index (κ3) is 4.14. The lowest BCUT2D eigenvalue weighted by atomic mass is 10.1. The molecule has 0 saturated heterocycles. The van der Waals surface area contributed by atoms with Crippen LogP contribution in [0.4, 0.5) is 0 Å². The van der Waals surface area contributed by atoms with Gasteiger partial charge in [-0.25, -0.2) is 10.4 Å². The Morgan fingerprint density at radius 1 is 1.17 bits per heavy atom. The summed E-state index contributed by atoms with van der Waals surface area (Å²) in [7, 11) is 1.49. The predicted molar refractivity (Wildman–Crippen MR) is 127 cm³/mol. The largest absolute Gasteiger partial charge is 0.504 e. The van der Waals surface area contributed by atoms with Gasteiger partial charge in [-0.2, -0.15) is 5.10 Å². The molecule has 3 aromatic carbocycles. The topological polar surface area (TPSA) is 83.8 Å². The molecule has 1 aromatic heterocycles. The summed E-state index contributed by atoms with van der Waals surface area (Å²) >= 11 is 3.61. The van der Waals surface area contributed by atoms with Crippen LogP contribution in [0, 0.1) is 3.57 Å². The van der Waals surface area contributed by atoms with Gasteiger partial charge in [0.25, 0.3) is 5.91 Å². The SMILES string of the molecule is COc1ccc(/C=N/NC(=O)c2ccc(-c3nc4ccccc4s3)cc2)c(I)c1O. The number of benzene rings is 3. The van der Waals surface area contributed by atoms with Gasteiger partial charge in [-0.15, -0.1) is 11.3 Å². The first-order chi connectivity index (χ1) is 14.6. The molecule has 0 unspecified atom stereocenters. The Morgan fingerprint density at radius 3 is 2.67 bits per heavy atom. The Hall–Kier alpha value is -2.98. The molecule has 0 fully saturated rings. The second kappa shape index (κ2) is 8.80. The van der Waals surface area contributed by atoms with Crippen molar-refractivity contribution in [2.45, 2.75) is 0 Å². The molecule has 1 heterocycles. The van der Waals surface area contributed by atoms with Crippen LogP contribution < -0.4 is 10.2 Å². The molecule has 0 aliphatic rings. The van der Waals surface area contributed by atoms with Crippen molar-refractivity contribution in [2.75, 3.05) is 7.11 Å². The number of hydrogen-bond donors (Lipinski definition) is 2. The molecule has 4 rings (SSSR count). The number of hydrogen-bond acceptors (Lipinski definition) is 6.